The Morgan fingerprint density at radius 1 is 1.30 bits per heavy atom. The van der Waals surface area contributed by atoms with Crippen LogP contribution in [0.2, 0.25) is 0 Å². The minimum atomic E-state index is -1.41. The number of nitrogens with one attached hydrogen (secondary N) is 2. The van der Waals surface area contributed by atoms with Gasteiger partial charge in [-0.3, -0.25) is 4.79 Å². The van der Waals surface area contributed by atoms with Gasteiger partial charge in [-0.1, -0.05) is 0 Å². The van der Waals surface area contributed by atoms with Gasteiger partial charge in [-0.15, -0.1) is 0 Å². The van der Waals surface area contributed by atoms with Gasteiger partial charge < -0.3 is 25.7 Å². The van der Waals surface area contributed by atoms with E-state index in [9.17, 15) is 14.4 Å². The summed E-state index contributed by atoms with van der Waals surface area (Å²) in [5.41, 5.74) is 0. The summed E-state index contributed by atoms with van der Waals surface area (Å²) in [4.78, 5) is 35.2. The topological polar surface area (TPSA) is 119 Å². The second-order valence-corrected chi connectivity index (χ2v) is 4.71. The van der Waals surface area contributed by atoms with E-state index in [-0.39, 0.29) is 6.04 Å². The average molecular weight is 287 g/mol. The smallest absolute Gasteiger partial charge is 0.326 e. The van der Waals surface area contributed by atoms with Crippen LogP contribution >= 0.6 is 0 Å². The lowest BCUT2D eigenvalue weighted by Crippen LogP contribution is -2.53. The molecule has 114 valence electrons. The Bertz CT molecular complexity index is 368. The van der Waals surface area contributed by atoms with Crippen LogP contribution in [-0.4, -0.2) is 64.8 Å². The van der Waals surface area contributed by atoms with E-state index in [2.05, 4.69) is 10.6 Å². The van der Waals surface area contributed by atoms with Crippen LogP contribution in [-0.2, 0) is 9.59 Å². The van der Waals surface area contributed by atoms with E-state index in [1.54, 1.807) is 4.90 Å². The molecule has 1 fully saturated rings. The van der Waals surface area contributed by atoms with Crippen molar-refractivity contribution in [2.24, 2.45) is 0 Å². The van der Waals surface area contributed by atoms with Gasteiger partial charge in [-0.05, 0) is 32.9 Å². The number of aliphatic carboxylic acids is 2. The molecule has 1 aliphatic heterocycles. The number of amides is 2. The molecule has 0 unspecified atom stereocenters. The van der Waals surface area contributed by atoms with Gasteiger partial charge in [0.05, 0.1) is 6.42 Å². The normalized spacial score (nSPS) is 17.2. The Hall–Kier alpha value is -1.83. The summed E-state index contributed by atoms with van der Waals surface area (Å²) in [7, 11) is 0. The van der Waals surface area contributed by atoms with Crippen LogP contribution in [0, 0.1) is 0 Å². The summed E-state index contributed by atoms with van der Waals surface area (Å²) >= 11 is 0. The summed E-state index contributed by atoms with van der Waals surface area (Å²) in [6, 6.07) is -1.87. The molecule has 0 aromatic rings. The fraction of sp³-hybridized carbons (Fsp3) is 0.750. The van der Waals surface area contributed by atoms with Crippen molar-refractivity contribution in [2.75, 3.05) is 19.6 Å². The average Bonchev–Trinajstić information content (AvgIpc) is 2.39. The fourth-order valence-electron chi connectivity index (χ4n) is 2.29. The predicted octanol–water partition coefficient (Wildman–Crippen LogP) is -0.302. The number of urea groups is 1. The SMILES string of the molecule is CCN(C(=O)N[C@@H](CC(=O)O)C(=O)O)C1CCNCC1. The summed E-state index contributed by atoms with van der Waals surface area (Å²) in [6.07, 6.45) is 0.973. The molecular weight excluding hydrogens is 266 g/mol. The molecule has 0 saturated carbocycles. The van der Waals surface area contributed by atoms with Crippen LogP contribution in [0.1, 0.15) is 26.2 Å². The lowest BCUT2D eigenvalue weighted by Gasteiger charge is -2.34. The molecule has 1 aliphatic rings. The number of carboxylic acids is 2. The number of piperidine rings is 1. The third-order valence-electron chi connectivity index (χ3n) is 3.33. The molecule has 1 atom stereocenters. The lowest BCUT2D eigenvalue weighted by molar-refractivity contribution is -0.145. The van der Waals surface area contributed by atoms with Crippen molar-refractivity contribution < 1.29 is 24.6 Å². The third-order valence-corrected chi connectivity index (χ3v) is 3.33. The minimum Gasteiger partial charge on any atom is -0.481 e. The van der Waals surface area contributed by atoms with E-state index in [1.165, 1.54) is 0 Å². The Morgan fingerprint density at radius 2 is 1.90 bits per heavy atom. The van der Waals surface area contributed by atoms with E-state index < -0.39 is 30.4 Å². The quantitative estimate of drug-likeness (QED) is 0.532. The standard InChI is InChI=1S/C12H21N3O5/c1-2-15(8-3-5-13-6-4-8)12(20)14-9(11(18)19)7-10(16)17/h8-9,13H,2-7H2,1H3,(H,14,20)(H,16,17)(H,18,19)/t9-/m0/s1. The molecule has 1 saturated heterocycles. The van der Waals surface area contributed by atoms with Crippen molar-refractivity contribution in [3.05, 3.63) is 0 Å². The number of carboxylic acid groups (broad SMARTS) is 2. The first-order valence-electron chi connectivity index (χ1n) is 6.68. The summed E-state index contributed by atoms with van der Waals surface area (Å²) in [5, 5.41) is 23.1. The monoisotopic (exact) mass is 287 g/mol. The van der Waals surface area contributed by atoms with E-state index in [0.717, 1.165) is 25.9 Å². The predicted molar refractivity (Wildman–Crippen MR) is 70.5 cm³/mol. The second-order valence-electron chi connectivity index (χ2n) is 4.71. The maximum absolute atomic E-state index is 12.1. The number of nitrogens with zero attached hydrogens (tertiary/aromatic N) is 1. The number of carbonyl (C=O) groups is 3. The molecule has 4 N–H and O–H groups in total. The first kappa shape index (κ1) is 16.2. The molecule has 1 heterocycles. The van der Waals surface area contributed by atoms with Crippen molar-refractivity contribution in [1.29, 1.82) is 0 Å². The number of carbonyl (C=O) groups excluding carboxylic acids is 1. The molecule has 8 nitrogen and oxygen atoms in total. The number of hydrogen-bond donors (Lipinski definition) is 4. The van der Waals surface area contributed by atoms with Gasteiger partial charge in [0.15, 0.2) is 0 Å². The van der Waals surface area contributed by atoms with Crippen LogP contribution in [0.3, 0.4) is 0 Å². The minimum absolute atomic E-state index is 0.0560. The van der Waals surface area contributed by atoms with Crippen LogP contribution in [0.15, 0.2) is 0 Å². The molecule has 0 radical (unpaired) electrons. The van der Waals surface area contributed by atoms with Crippen LogP contribution in [0.5, 0.6) is 0 Å². The summed E-state index contributed by atoms with van der Waals surface area (Å²) < 4.78 is 0. The highest BCUT2D eigenvalue weighted by atomic mass is 16.4. The zero-order valence-electron chi connectivity index (χ0n) is 11.5. The molecule has 0 aromatic heterocycles. The second kappa shape index (κ2) is 7.68. The Balaban J connectivity index is 2.64. The maximum Gasteiger partial charge on any atom is 0.326 e. The number of rotatable bonds is 6. The van der Waals surface area contributed by atoms with Crippen molar-refractivity contribution in [2.45, 2.75) is 38.3 Å². The highest BCUT2D eigenvalue weighted by molar-refractivity contribution is 5.86. The molecule has 0 spiro atoms. The van der Waals surface area contributed by atoms with Gasteiger partial charge in [0, 0.05) is 12.6 Å². The van der Waals surface area contributed by atoms with E-state index >= 15 is 0 Å². The first-order valence-corrected chi connectivity index (χ1v) is 6.68. The molecule has 0 aliphatic carbocycles. The first-order chi connectivity index (χ1) is 9.45. The van der Waals surface area contributed by atoms with Gasteiger partial charge in [0.2, 0.25) is 0 Å². The Labute approximate surface area is 117 Å². The highest BCUT2D eigenvalue weighted by Gasteiger charge is 2.28. The van der Waals surface area contributed by atoms with E-state index in [0.29, 0.717) is 6.54 Å². The Morgan fingerprint density at radius 3 is 2.35 bits per heavy atom. The fourth-order valence-corrected chi connectivity index (χ4v) is 2.29. The molecule has 0 bridgehead atoms. The van der Waals surface area contributed by atoms with Gasteiger partial charge in [-0.25, -0.2) is 9.59 Å². The molecular formula is C12H21N3O5. The van der Waals surface area contributed by atoms with Crippen LogP contribution in [0.25, 0.3) is 0 Å². The van der Waals surface area contributed by atoms with Gasteiger partial charge in [0.25, 0.3) is 0 Å². The Kier molecular flexibility index (Phi) is 6.23. The maximum atomic E-state index is 12.1. The van der Waals surface area contributed by atoms with Crippen molar-refractivity contribution in [1.82, 2.24) is 15.5 Å². The molecule has 20 heavy (non-hydrogen) atoms. The van der Waals surface area contributed by atoms with Crippen LogP contribution in [0.4, 0.5) is 4.79 Å². The van der Waals surface area contributed by atoms with Crippen molar-refractivity contribution in [3.63, 3.8) is 0 Å². The van der Waals surface area contributed by atoms with E-state index in [1.807, 2.05) is 6.92 Å². The summed E-state index contributed by atoms with van der Waals surface area (Å²) in [5.74, 6) is -2.61. The molecule has 2 amide bonds. The zero-order chi connectivity index (χ0) is 15.1. The van der Waals surface area contributed by atoms with Crippen molar-refractivity contribution in [3.8, 4) is 0 Å². The third kappa shape index (κ3) is 4.69. The molecule has 1 rings (SSSR count). The van der Waals surface area contributed by atoms with Crippen molar-refractivity contribution >= 4 is 18.0 Å². The summed E-state index contributed by atoms with van der Waals surface area (Å²) in [6.45, 7) is 3.89. The largest absolute Gasteiger partial charge is 0.481 e. The van der Waals surface area contributed by atoms with Gasteiger partial charge >= 0.3 is 18.0 Å². The van der Waals surface area contributed by atoms with Gasteiger partial charge in [0.1, 0.15) is 6.04 Å². The molecule has 0 aromatic carbocycles. The van der Waals surface area contributed by atoms with Gasteiger partial charge in [-0.2, -0.15) is 0 Å². The molecule has 8 heteroatoms. The zero-order valence-corrected chi connectivity index (χ0v) is 11.5. The number of hydrogen-bond acceptors (Lipinski definition) is 4. The van der Waals surface area contributed by atoms with Crippen LogP contribution < -0.4 is 10.6 Å². The lowest BCUT2D eigenvalue weighted by atomic mass is 10.1. The highest BCUT2D eigenvalue weighted by Crippen LogP contribution is 2.12. The van der Waals surface area contributed by atoms with E-state index in [4.69, 9.17) is 10.2 Å².